The molecule has 1 aromatic rings. The van der Waals surface area contributed by atoms with E-state index < -0.39 is 42.3 Å². The minimum absolute atomic E-state index is 0.227. The molecule has 0 atom stereocenters. The van der Waals surface area contributed by atoms with Crippen LogP contribution >= 0.6 is 11.6 Å². The zero-order chi connectivity index (χ0) is 15.5. The molecule has 0 aliphatic rings. The second-order valence-electron chi connectivity index (χ2n) is 3.72. The summed E-state index contributed by atoms with van der Waals surface area (Å²) in [5, 5.41) is 0. The molecule has 0 aliphatic carbocycles. The topological polar surface area (TPSA) is 39.2 Å². The summed E-state index contributed by atoms with van der Waals surface area (Å²) in [6.07, 6.45) is -8.77. The maximum Gasteiger partial charge on any atom is 0.433 e. The van der Waals surface area contributed by atoms with Crippen LogP contribution in [0.5, 0.6) is 0 Å². The number of hydrogen-bond donors (Lipinski definition) is 0. The molecular weight excluding hydrogens is 309 g/mol. The smallest absolute Gasteiger partial charge is 0.433 e. The van der Waals surface area contributed by atoms with E-state index in [1.165, 1.54) is 0 Å². The lowest BCUT2D eigenvalue weighted by atomic mass is 10.0. The molecule has 3 nitrogen and oxygen atoms in total. The van der Waals surface area contributed by atoms with E-state index in [0.717, 1.165) is 7.11 Å². The summed E-state index contributed by atoms with van der Waals surface area (Å²) in [6.45, 7) is 0. The van der Waals surface area contributed by atoms with Crippen molar-refractivity contribution in [3.05, 3.63) is 28.6 Å². The van der Waals surface area contributed by atoms with Crippen molar-refractivity contribution < 1.29 is 31.5 Å². The van der Waals surface area contributed by atoms with Gasteiger partial charge in [0.05, 0.1) is 13.5 Å². The monoisotopic (exact) mass is 317 g/mol. The summed E-state index contributed by atoms with van der Waals surface area (Å²) < 4.78 is 67.7. The predicted molar refractivity (Wildman–Crippen MR) is 59.5 cm³/mol. The van der Waals surface area contributed by atoms with Crippen LogP contribution in [0.4, 0.5) is 22.0 Å². The molecule has 9 heteroatoms. The molecule has 0 N–H and O–H groups in total. The SMILES string of the molecule is COC(=O)Cc1c(CCl)cc(C(F)(F)F)nc1C(F)F. The molecule has 0 saturated carbocycles. The van der Waals surface area contributed by atoms with Gasteiger partial charge < -0.3 is 4.74 Å². The highest BCUT2D eigenvalue weighted by Gasteiger charge is 2.35. The Morgan fingerprint density at radius 1 is 1.45 bits per heavy atom. The molecule has 0 bridgehead atoms. The van der Waals surface area contributed by atoms with E-state index in [1.54, 1.807) is 0 Å². The molecule has 1 aromatic heterocycles. The van der Waals surface area contributed by atoms with E-state index in [-0.39, 0.29) is 11.1 Å². The molecular formula is C11H9ClF5NO2. The van der Waals surface area contributed by atoms with E-state index in [4.69, 9.17) is 11.6 Å². The standard InChI is InChI=1S/C11H9ClF5NO2/c1-20-8(19)3-6-5(4-12)2-7(11(15,16)17)18-9(6)10(13)14/h2,10H,3-4H2,1H3. The van der Waals surface area contributed by atoms with Crippen molar-refractivity contribution in [2.45, 2.75) is 24.9 Å². The fraction of sp³-hybridized carbons (Fsp3) is 0.455. The van der Waals surface area contributed by atoms with Gasteiger partial charge in [-0.1, -0.05) is 0 Å². The number of carbonyl (C=O) groups excluding carboxylic acids is 1. The molecule has 0 aliphatic heterocycles. The van der Waals surface area contributed by atoms with E-state index >= 15 is 0 Å². The van der Waals surface area contributed by atoms with Crippen LogP contribution in [-0.4, -0.2) is 18.1 Å². The molecule has 1 heterocycles. The zero-order valence-electron chi connectivity index (χ0n) is 10.1. The predicted octanol–water partition coefficient (Wildman–Crippen LogP) is 3.49. The minimum Gasteiger partial charge on any atom is -0.469 e. The number of nitrogens with zero attached hydrogens (tertiary/aromatic N) is 1. The van der Waals surface area contributed by atoms with Gasteiger partial charge in [0, 0.05) is 5.88 Å². The van der Waals surface area contributed by atoms with Gasteiger partial charge in [0.2, 0.25) is 0 Å². The average molecular weight is 318 g/mol. The first-order chi connectivity index (χ1) is 9.20. The Bertz CT molecular complexity index is 504. The van der Waals surface area contributed by atoms with Crippen molar-refractivity contribution in [1.82, 2.24) is 4.98 Å². The van der Waals surface area contributed by atoms with Gasteiger partial charge in [0.15, 0.2) is 0 Å². The molecule has 1 rings (SSSR count). The summed E-state index contributed by atoms with van der Waals surface area (Å²) in [5.74, 6) is -1.34. The second-order valence-corrected chi connectivity index (χ2v) is 3.98. The summed E-state index contributed by atoms with van der Waals surface area (Å²) >= 11 is 5.47. The molecule has 0 amide bonds. The molecule has 0 saturated heterocycles. The highest BCUT2D eigenvalue weighted by molar-refractivity contribution is 6.17. The molecule has 20 heavy (non-hydrogen) atoms. The largest absolute Gasteiger partial charge is 0.469 e. The number of hydrogen-bond acceptors (Lipinski definition) is 3. The first kappa shape index (κ1) is 16.6. The van der Waals surface area contributed by atoms with Crippen LogP contribution in [-0.2, 0) is 28.0 Å². The summed E-state index contributed by atoms with van der Waals surface area (Å²) in [6, 6.07) is 0.553. The van der Waals surface area contributed by atoms with Gasteiger partial charge in [0.1, 0.15) is 11.4 Å². The van der Waals surface area contributed by atoms with Gasteiger partial charge >= 0.3 is 12.1 Å². The lowest BCUT2D eigenvalue weighted by Gasteiger charge is -2.15. The lowest BCUT2D eigenvalue weighted by molar-refractivity contribution is -0.141. The molecule has 0 radical (unpaired) electrons. The van der Waals surface area contributed by atoms with E-state index in [1.807, 2.05) is 0 Å². The maximum absolute atomic E-state index is 12.8. The molecule has 0 spiro atoms. The Morgan fingerprint density at radius 3 is 2.45 bits per heavy atom. The Balaban J connectivity index is 3.44. The Hall–Kier alpha value is -1.44. The average Bonchev–Trinajstić information content (AvgIpc) is 2.36. The normalized spacial score (nSPS) is 11.8. The third kappa shape index (κ3) is 3.78. The number of pyridine rings is 1. The van der Waals surface area contributed by atoms with Crippen LogP contribution in [0, 0.1) is 0 Å². The van der Waals surface area contributed by atoms with E-state index in [2.05, 4.69) is 9.72 Å². The summed E-state index contributed by atoms with van der Waals surface area (Å²) in [7, 11) is 1.03. The van der Waals surface area contributed by atoms with Crippen molar-refractivity contribution >= 4 is 17.6 Å². The molecule has 0 aromatic carbocycles. The number of esters is 1. The Labute approximate surface area is 115 Å². The van der Waals surface area contributed by atoms with E-state index in [9.17, 15) is 26.7 Å². The Kier molecular flexibility index (Phi) is 5.27. The molecule has 0 unspecified atom stereocenters. The van der Waals surface area contributed by atoms with E-state index in [0.29, 0.717) is 6.07 Å². The van der Waals surface area contributed by atoms with Crippen molar-refractivity contribution in [2.24, 2.45) is 0 Å². The van der Waals surface area contributed by atoms with Crippen LogP contribution in [0.25, 0.3) is 0 Å². The summed E-state index contributed by atoms with van der Waals surface area (Å²) in [4.78, 5) is 14.0. The van der Waals surface area contributed by atoms with Gasteiger partial charge in [-0.25, -0.2) is 13.8 Å². The van der Waals surface area contributed by atoms with Crippen molar-refractivity contribution in [2.75, 3.05) is 7.11 Å². The third-order valence-electron chi connectivity index (χ3n) is 2.44. The van der Waals surface area contributed by atoms with Crippen molar-refractivity contribution in [3.8, 4) is 0 Å². The van der Waals surface area contributed by atoms with Crippen LogP contribution in [0.1, 0.15) is 28.9 Å². The van der Waals surface area contributed by atoms with Gasteiger partial charge in [0.25, 0.3) is 6.43 Å². The van der Waals surface area contributed by atoms with Crippen molar-refractivity contribution in [3.63, 3.8) is 0 Å². The van der Waals surface area contributed by atoms with Gasteiger partial charge in [-0.05, 0) is 17.2 Å². The number of ether oxygens (including phenoxy) is 1. The number of alkyl halides is 6. The number of aromatic nitrogens is 1. The maximum atomic E-state index is 12.8. The molecule has 0 fully saturated rings. The number of methoxy groups -OCH3 is 1. The highest BCUT2D eigenvalue weighted by Crippen LogP contribution is 2.33. The van der Waals surface area contributed by atoms with Gasteiger partial charge in [-0.15, -0.1) is 11.6 Å². The van der Waals surface area contributed by atoms with Crippen LogP contribution in [0.2, 0.25) is 0 Å². The summed E-state index contributed by atoms with van der Waals surface area (Å²) in [5.41, 5.74) is -3.15. The number of rotatable bonds is 4. The highest BCUT2D eigenvalue weighted by atomic mass is 35.5. The van der Waals surface area contributed by atoms with Crippen LogP contribution < -0.4 is 0 Å². The Morgan fingerprint density at radius 2 is 2.05 bits per heavy atom. The van der Waals surface area contributed by atoms with Crippen LogP contribution in [0.3, 0.4) is 0 Å². The fourth-order valence-corrected chi connectivity index (χ4v) is 1.75. The molecule has 112 valence electrons. The number of carbonyl (C=O) groups is 1. The van der Waals surface area contributed by atoms with Gasteiger partial charge in [-0.2, -0.15) is 13.2 Å². The quantitative estimate of drug-likeness (QED) is 0.485. The minimum atomic E-state index is -4.88. The zero-order valence-corrected chi connectivity index (χ0v) is 10.9. The lowest BCUT2D eigenvalue weighted by Crippen LogP contribution is -2.16. The first-order valence-electron chi connectivity index (χ1n) is 5.21. The fourth-order valence-electron chi connectivity index (χ4n) is 1.51. The van der Waals surface area contributed by atoms with Crippen LogP contribution in [0.15, 0.2) is 6.07 Å². The number of halogens is 6. The third-order valence-corrected chi connectivity index (χ3v) is 2.73. The van der Waals surface area contributed by atoms with Gasteiger partial charge in [-0.3, -0.25) is 4.79 Å². The second kappa shape index (κ2) is 6.34. The first-order valence-corrected chi connectivity index (χ1v) is 5.75. The van der Waals surface area contributed by atoms with Crippen molar-refractivity contribution in [1.29, 1.82) is 0 Å².